The van der Waals surface area contributed by atoms with Crippen molar-refractivity contribution in [3.8, 4) is 0 Å². The Morgan fingerprint density at radius 1 is 1.14 bits per heavy atom. The Morgan fingerprint density at radius 2 is 1.71 bits per heavy atom. The number of hydrogen-bond acceptors (Lipinski definition) is 2. The highest BCUT2D eigenvalue weighted by Gasteiger charge is 2.26. The summed E-state index contributed by atoms with van der Waals surface area (Å²) in [6, 6.07) is 0. The minimum absolute atomic E-state index is 0.327. The van der Waals surface area contributed by atoms with Crippen LogP contribution in [-0.4, -0.2) is 21.3 Å². The Morgan fingerprint density at radius 3 is 2.14 bits per heavy atom. The SMILES string of the molecule is CCCO[Si](C)(C)OC(C)CC(C)C. The maximum atomic E-state index is 5.97. The van der Waals surface area contributed by atoms with Gasteiger partial charge in [-0.2, -0.15) is 0 Å². The van der Waals surface area contributed by atoms with Crippen molar-refractivity contribution in [3.63, 3.8) is 0 Å². The molecule has 0 saturated carbocycles. The lowest BCUT2D eigenvalue weighted by Gasteiger charge is -2.27. The van der Waals surface area contributed by atoms with Crippen LogP contribution in [0.25, 0.3) is 0 Å². The van der Waals surface area contributed by atoms with Gasteiger partial charge < -0.3 is 8.85 Å². The molecule has 0 N–H and O–H groups in total. The summed E-state index contributed by atoms with van der Waals surface area (Å²) >= 11 is 0. The summed E-state index contributed by atoms with van der Waals surface area (Å²) in [6.45, 7) is 13.8. The van der Waals surface area contributed by atoms with E-state index in [4.69, 9.17) is 8.85 Å². The van der Waals surface area contributed by atoms with Crippen LogP contribution in [0.2, 0.25) is 13.1 Å². The van der Waals surface area contributed by atoms with Crippen LogP contribution in [-0.2, 0) is 8.85 Å². The molecule has 0 aromatic carbocycles. The van der Waals surface area contributed by atoms with E-state index in [0.717, 1.165) is 19.4 Å². The van der Waals surface area contributed by atoms with Crippen LogP contribution in [0.1, 0.15) is 40.5 Å². The van der Waals surface area contributed by atoms with Crippen molar-refractivity contribution in [2.24, 2.45) is 5.92 Å². The Kier molecular flexibility index (Phi) is 6.65. The fourth-order valence-corrected chi connectivity index (χ4v) is 3.41. The van der Waals surface area contributed by atoms with E-state index in [9.17, 15) is 0 Å². The smallest absolute Gasteiger partial charge is 0.331 e. The quantitative estimate of drug-likeness (QED) is 0.608. The lowest BCUT2D eigenvalue weighted by molar-refractivity contribution is 0.117. The van der Waals surface area contributed by atoms with Crippen LogP contribution < -0.4 is 0 Å². The molecule has 0 aliphatic heterocycles. The van der Waals surface area contributed by atoms with E-state index in [0.29, 0.717) is 12.0 Å². The zero-order valence-electron chi connectivity index (χ0n) is 10.6. The molecule has 0 saturated heterocycles. The molecule has 0 radical (unpaired) electrons. The summed E-state index contributed by atoms with van der Waals surface area (Å²) < 4.78 is 11.7. The van der Waals surface area contributed by atoms with E-state index in [1.54, 1.807) is 0 Å². The molecule has 0 heterocycles. The highest BCUT2D eigenvalue weighted by atomic mass is 28.4. The molecule has 0 aliphatic rings. The molecule has 1 unspecified atom stereocenters. The Labute approximate surface area is 90.2 Å². The van der Waals surface area contributed by atoms with Gasteiger partial charge in [-0.3, -0.25) is 0 Å². The third-order valence-electron chi connectivity index (χ3n) is 1.94. The van der Waals surface area contributed by atoms with Gasteiger partial charge in [-0.05, 0) is 38.8 Å². The van der Waals surface area contributed by atoms with Crippen molar-refractivity contribution < 1.29 is 8.85 Å². The average Bonchev–Trinajstić information content (AvgIpc) is 1.98. The van der Waals surface area contributed by atoms with Crippen LogP contribution in [0, 0.1) is 5.92 Å². The first-order chi connectivity index (χ1) is 6.37. The fraction of sp³-hybridized carbons (Fsp3) is 1.00. The molecule has 0 rings (SSSR count). The van der Waals surface area contributed by atoms with Crippen LogP contribution in [0.5, 0.6) is 0 Å². The zero-order chi connectivity index (χ0) is 11.2. The molecule has 2 nitrogen and oxygen atoms in total. The molecule has 0 aromatic rings. The monoisotopic (exact) mass is 218 g/mol. The maximum Gasteiger partial charge on any atom is 0.331 e. The molecule has 86 valence electrons. The molecule has 3 heteroatoms. The second-order valence-electron chi connectivity index (χ2n) is 4.81. The van der Waals surface area contributed by atoms with Gasteiger partial charge in [-0.1, -0.05) is 20.8 Å². The summed E-state index contributed by atoms with van der Waals surface area (Å²) in [6.07, 6.45) is 2.51. The standard InChI is InChI=1S/C11H26O2Si/c1-7-8-12-14(5,6)13-11(4)9-10(2)3/h10-11H,7-9H2,1-6H3. The summed E-state index contributed by atoms with van der Waals surface area (Å²) in [5.74, 6) is 0.695. The van der Waals surface area contributed by atoms with Gasteiger partial charge >= 0.3 is 8.56 Å². The first-order valence-electron chi connectivity index (χ1n) is 5.69. The minimum atomic E-state index is -1.85. The van der Waals surface area contributed by atoms with Gasteiger partial charge in [0.15, 0.2) is 0 Å². The number of rotatable bonds is 7. The highest BCUT2D eigenvalue weighted by molar-refractivity contribution is 6.64. The molecule has 0 spiro atoms. The lowest BCUT2D eigenvalue weighted by atomic mass is 10.1. The van der Waals surface area contributed by atoms with E-state index >= 15 is 0 Å². The molecular formula is C11H26O2Si. The van der Waals surface area contributed by atoms with Crippen molar-refractivity contribution in [1.82, 2.24) is 0 Å². The van der Waals surface area contributed by atoms with E-state index in [-0.39, 0.29) is 0 Å². The predicted molar refractivity (Wildman–Crippen MR) is 63.7 cm³/mol. The fourth-order valence-electron chi connectivity index (χ4n) is 1.58. The zero-order valence-corrected chi connectivity index (χ0v) is 11.6. The van der Waals surface area contributed by atoms with E-state index in [1.165, 1.54) is 0 Å². The first kappa shape index (κ1) is 14.1. The number of hydrogen-bond donors (Lipinski definition) is 0. The van der Waals surface area contributed by atoms with Gasteiger partial charge in [0.05, 0.1) is 0 Å². The molecule has 0 fully saturated rings. The van der Waals surface area contributed by atoms with Gasteiger partial charge in [-0.25, -0.2) is 0 Å². The van der Waals surface area contributed by atoms with Crippen molar-refractivity contribution in [1.29, 1.82) is 0 Å². The first-order valence-corrected chi connectivity index (χ1v) is 8.50. The summed E-state index contributed by atoms with van der Waals surface area (Å²) in [4.78, 5) is 0. The van der Waals surface area contributed by atoms with Crippen molar-refractivity contribution in [3.05, 3.63) is 0 Å². The van der Waals surface area contributed by atoms with Crippen LogP contribution in [0.4, 0.5) is 0 Å². The molecule has 0 bridgehead atoms. The van der Waals surface area contributed by atoms with Crippen molar-refractivity contribution >= 4 is 8.56 Å². The van der Waals surface area contributed by atoms with Crippen molar-refractivity contribution in [2.45, 2.75) is 59.7 Å². The summed E-state index contributed by atoms with van der Waals surface area (Å²) in [5, 5.41) is 0. The third-order valence-corrected chi connectivity index (χ3v) is 3.81. The van der Waals surface area contributed by atoms with Crippen LogP contribution in [0.3, 0.4) is 0 Å². The average molecular weight is 218 g/mol. The second kappa shape index (κ2) is 6.59. The third kappa shape index (κ3) is 7.53. The van der Waals surface area contributed by atoms with Crippen LogP contribution in [0.15, 0.2) is 0 Å². The van der Waals surface area contributed by atoms with E-state index < -0.39 is 8.56 Å². The Balaban J connectivity index is 3.82. The largest absolute Gasteiger partial charge is 0.395 e. The Hall–Kier alpha value is 0.137. The van der Waals surface area contributed by atoms with Gasteiger partial charge in [0.1, 0.15) is 0 Å². The normalized spacial score (nSPS) is 14.8. The lowest BCUT2D eigenvalue weighted by Crippen LogP contribution is -2.38. The second-order valence-corrected chi connectivity index (χ2v) is 8.13. The summed E-state index contributed by atoms with van der Waals surface area (Å²) in [7, 11) is -1.85. The Bertz CT molecular complexity index is 146. The predicted octanol–water partition coefficient (Wildman–Crippen LogP) is 3.57. The summed E-state index contributed by atoms with van der Waals surface area (Å²) in [5.41, 5.74) is 0. The van der Waals surface area contributed by atoms with E-state index in [1.807, 2.05) is 0 Å². The van der Waals surface area contributed by atoms with Gasteiger partial charge in [0.2, 0.25) is 0 Å². The molecule has 0 aliphatic carbocycles. The van der Waals surface area contributed by atoms with Crippen LogP contribution >= 0.6 is 0 Å². The maximum absolute atomic E-state index is 5.97. The molecule has 0 amide bonds. The van der Waals surface area contributed by atoms with Crippen molar-refractivity contribution in [2.75, 3.05) is 6.61 Å². The van der Waals surface area contributed by atoms with E-state index in [2.05, 4.69) is 40.8 Å². The van der Waals surface area contributed by atoms with Gasteiger partial charge in [0, 0.05) is 12.7 Å². The molecular weight excluding hydrogens is 192 g/mol. The topological polar surface area (TPSA) is 18.5 Å². The molecule has 0 aromatic heterocycles. The highest BCUT2D eigenvalue weighted by Crippen LogP contribution is 2.15. The molecule has 1 atom stereocenters. The van der Waals surface area contributed by atoms with Gasteiger partial charge in [0.25, 0.3) is 0 Å². The molecule has 14 heavy (non-hydrogen) atoms. The van der Waals surface area contributed by atoms with Gasteiger partial charge in [-0.15, -0.1) is 0 Å². The minimum Gasteiger partial charge on any atom is -0.395 e.